The van der Waals surface area contributed by atoms with E-state index in [1.165, 1.54) is 0 Å². The molecule has 0 amide bonds. The molecule has 0 radical (unpaired) electrons. The SMILES string of the molecule is O=[N+]([O-])c1cnc(Cl)c(C(O)C(O)CBr)c1. The Labute approximate surface area is 104 Å². The molecular weight excluding hydrogens is 303 g/mol. The maximum atomic E-state index is 10.5. The molecular formula is C8H8BrClN2O4. The zero-order valence-corrected chi connectivity index (χ0v) is 10.2. The van der Waals surface area contributed by atoms with Crippen molar-refractivity contribution < 1.29 is 15.1 Å². The summed E-state index contributed by atoms with van der Waals surface area (Å²) in [5, 5.41) is 29.6. The fourth-order valence-corrected chi connectivity index (χ4v) is 1.62. The molecule has 0 aliphatic carbocycles. The smallest absolute Gasteiger partial charge is 0.288 e. The van der Waals surface area contributed by atoms with Gasteiger partial charge in [0, 0.05) is 17.0 Å². The fourth-order valence-electron chi connectivity index (χ4n) is 1.05. The van der Waals surface area contributed by atoms with Crippen molar-refractivity contribution in [2.24, 2.45) is 0 Å². The molecule has 0 saturated carbocycles. The maximum Gasteiger partial charge on any atom is 0.288 e. The van der Waals surface area contributed by atoms with Crippen molar-refractivity contribution in [1.82, 2.24) is 4.98 Å². The Balaban J connectivity index is 3.11. The van der Waals surface area contributed by atoms with Crippen molar-refractivity contribution in [3.63, 3.8) is 0 Å². The van der Waals surface area contributed by atoms with Crippen LogP contribution in [0.5, 0.6) is 0 Å². The quantitative estimate of drug-likeness (QED) is 0.379. The molecule has 1 aromatic heterocycles. The molecule has 6 nitrogen and oxygen atoms in total. The average Bonchev–Trinajstić information content (AvgIpc) is 2.27. The summed E-state index contributed by atoms with van der Waals surface area (Å²) < 4.78 is 0. The van der Waals surface area contributed by atoms with Gasteiger partial charge in [0.2, 0.25) is 0 Å². The summed E-state index contributed by atoms with van der Waals surface area (Å²) >= 11 is 8.65. The lowest BCUT2D eigenvalue weighted by Gasteiger charge is -2.16. The zero-order chi connectivity index (χ0) is 12.3. The molecule has 2 N–H and O–H groups in total. The summed E-state index contributed by atoms with van der Waals surface area (Å²) in [5.41, 5.74) is -0.261. The Bertz CT molecular complexity index is 404. The van der Waals surface area contributed by atoms with E-state index in [-0.39, 0.29) is 21.7 Å². The van der Waals surface area contributed by atoms with Crippen LogP contribution in [0.1, 0.15) is 11.7 Å². The van der Waals surface area contributed by atoms with E-state index in [2.05, 4.69) is 20.9 Å². The topological polar surface area (TPSA) is 96.5 Å². The monoisotopic (exact) mass is 310 g/mol. The second kappa shape index (κ2) is 5.53. The Hall–Kier alpha value is -0.760. The van der Waals surface area contributed by atoms with Crippen LogP contribution in [-0.2, 0) is 0 Å². The van der Waals surface area contributed by atoms with Crippen LogP contribution >= 0.6 is 27.5 Å². The van der Waals surface area contributed by atoms with E-state index in [4.69, 9.17) is 11.6 Å². The summed E-state index contributed by atoms with van der Waals surface area (Å²) in [6.45, 7) is 0. The number of rotatable bonds is 4. The van der Waals surface area contributed by atoms with Gasteiger partial charge in [-0.2, -0.15) is 0 Å². The molecule has 2 atom stereocenters. The van der Waals surface area contributed by atoms with Crippen LogP contribution < -0.4 is 0 Å². The first kappa shape index (κ1) is 13.3. The third kappa shape index (κ3) is 2.88. The van der Waals surface area contributed by atoms with Crippen molar-refractivity contribution in [3.8, 4) is 0 Å². The van der Waals surface area contributed by atoms with Gasteiger partial charge in [0.1, 0.15) is 17.5 Å². The lowest BCUT2D eigenvalue weighted by atomic mass is 10.1. The molecule has 88 valence electrons. The van der Waals surface area contributed by atoms with Crippen molar-refractivity contribution in [1.29, 1.82) is 0 Å². The van der Waals surface area contributed by atoms with Crippen LogP contribution in [0.25, 0.3) is 0 Å². The largest absolute Gasteiger partial charge is 0.389 e. The lowest BCUT2D eigenvalue weighted by molar-refractivity contribution is -0.385. The molecule has 0 aliphatic rings. The van der Waals surface area contributed by atoms with E-state index in [0.29, 0.717) is 0 Å². The number of nitrogens with zero attached hydrogens (tertiary/aromatic N) is 2. The minimum atomic E-state index is -1.32. The summed E-state index contributed by atoms with van der Waals surface area (Å²) in [5.74, 6) is 0. The highest BCUT2D eigenvalue weighted by molar-refractivity contribution is 9.09. The van der Waals surface area contributed by atoms with Crippen molar-refractivity contribution in [3.05, 3.63) is 33.1 Å². The number of hydrogen-bond acceptors (Lipinski definition) is 5. The second-order valence-electron chi connectivity index (χ2n) is 3.00. The first-order valence-corrected chi connectivity index (χ1v) is 5.69. The fraction of sp³-hybridized carbons (Fsp3) is 0.375. The lowest BCUT2D eigenvalue weighted by Crippen LogP contribution is -2.20. The van der Waals surface area contributed by atoms with E-state index in [0.717, 1.165) is 12.3 Å². The van der Waals surface area contributed by atoms with Gasteiger partial charge in [-0.25, -0.2) is 4.98 Å². The molecule has 0 bridgehead atoms. The molecule has 1 heterocycles. The van der Waals surface area contributed by atoms with Gasteiger partial charge >= 0.3 is 0 Å². The van der Waals surface area contributed by atoms with Crippen LogP contribution in [0.15, 0.2) is 12.3 Å². The Morgan fingerprint density at radius 1 is 1.62 bits per heavy atom. The highest BCUT2D eigenvalue weighted by Gasteiger charge is 2.23. The molecule has 16 heavy (non-hydrogen) atoms. The van der Waals surface area contributed by atoms with Gasteiger partial charge in [-0.1, -0.05) is 27.5 Å². The first-order chi connectivity index (χ1) is 7.47. The number of aliphatic hydroxyl groups excluding tert-OH is 2. The molecule has 1 rings (SSSR count). The van der Waals surface area contributed by atoms with E-state index in [1.54, 1.807) is 0 Å². The van der Waals surface area contributed by atoms with Crippen molar-refractivity contribution in [2.75, 3.05) is 5.33 Å². The van der Waals surface area contributed by atoms with E-state index >= 15 is 0 Å². The van der Waals surface area contributed by atoms with Gasteiger partial charge in [-0.15, -0.1) is 0 Å². The summed E-state index contributed by atoms with van der Waals surface area (Å²) in [4.78, 5) is 13.4. The van der Waals surface area contributed by atoms with E-state index < -0.39 is 17.1 Å². The van der Waals surface area contributed by atoms with Gasteiger partial charge in [0.05, 0.1) is 11.0 Å². The van der Waals surface area contributed by atoms with E-state index in [9.17, 15) is 20.3 Å². The highest BCUT2D eigenvalue weighted by Crippen LogP contribution is 2.27. The Morgan fingerprint density at radius 3 is 2.75 bits per heavy atom. The molecule has 0 fully saturated rings. The zero-order valence-electron chi connectivity index (χ0n) is 7.88. The highest BCUT2D eigenvalue weighted by atomic mass is 79.9. The Morgan fingerprint density at radius 2 is 2.25 bits per heavy atom. The van der Waals surface area contributed by atoms with Gasteiger partial charge in [0.25, 0.3) is 5.69 Å². The molecule has 2 unspecified atom stereocenters. The predicted octanol–water partition coefficient (Wildman–Crippen LogP) is 1.43. The molecule has 0 aromatic carbocycles. The molecule has 1 aromatic rings. The standard InChI is InChI=1S/C8H8BrClN2O4/c9-2-6(13)7(14)5-1-4(12(15)16)3-11-8(5)10/h1,3,6-7,13-14H,2H2. The summed E-state index contributed by atoms with van der Waals surface area (Å²) in [6, 6.07) is 1.09. The number of nitro groups is 1. The van der Waals surface area contributed by atoms with Crippen LogP contribution in [0.3, 0.4) is 0 Å². The number of hydrogen-bond donors (Lipinski definition) is 2. The molecule has 0 spiro atoms. The van der Waals surface area contributed by atoms with Gasteiger partial charge < -0.3 is 10.2 Å². The predicted molar refractivity (Wildman–Crippen MR) is 60.7 cm³/mol. The number of alkyl halides is 1. The van der Waals surface area contributed by atoms with Crippen LogP contribution in [0.2, 0.25) is 5.15 Å². The van der Waals surface area contributed by atoms with Crippen molar-refractivity contribution >= 4 is 33.2 Å². The van der Waals surface area contributed by atoms with Crippen LogP contribution in [0.4, 0.5) is 5.69 Å². The number of pyridine rings is 1. The molecule has 8 heteroatoms. The minimum Gasteiger partial charge on any atom is -0.389 e. The number of aromatic nitrogens is 1. The normalized spacial score (nSPS) is 14.5. The van der Waals surface area contributed by atoms with Crippen LogP contribution in [-0.4, -0.2) is 31.6 Å². The van der Waals surface area contributed by atoms with Gasteiger partial charge in [0.15, 0.2) is 0 Å². The summed E-state index contributed by atoms with van der Waals surface area (Å²) in [7, 11) is 0. The number of aliphatic hydroxyl groups is 2. The van der Waals surface area contributed by atoms with Gasteiger partial charge in [-0.3, -0.25) is 10.1 Å². The van der Waals surface area contributed by atoms with Crippen molar-refractivity contribution in [2.45, 2.75) is 12.2 Å². The third-order valence-corrected chi connectivity index (χ3v) is 2.88. The molecule has 0 aliphatic heterocycles. The summed E-state index contributed by atoms with van der Waals surface area (Å²) in [6.07, 6.45) is -1.44. The van der Waals surface area contributed by atoms with Gasteiger partial charge in [-0.05, 0) is 0 Å². The number of halogens is 2. The molecule has 0 saturated heterocycles. The van der Waals surface area contributed by atoms with E-state index in [1.807, 2.05) is 0 Å². The minimum absolute atomic E-state index is 0.0304. The average molecular weight is 312 g/mol. The maximum absolute atomic E-state index is 10.5. The second-order valence-corrected chi connectivity index (χ2v) is 4.00. The third-order valence-electron chi connectivity index (χ3n) is 1.90. The van der Waals surface area contributed by atoms with Crippen LogP contribution in [0, 0.1) is 10.1 Å². The Kier molecular flexibility index (Phi) is 4.60. The first-order valence-electron chi connectivity index (χ1n) is 4.19.